The first-order valence-electron chi connectivity index (χ1n) is 13.7. The van der Waals surface area contributed by atoms with Crippen LogP contribution >= 0.6 is 15.9 Å². The van der Waals surface area contributed by atoms with Crippen molar-refractivity contribution in [2.75, 3.05) is 6.54 Å². The Hall–Kier alpha value is -2.62. The van der Waals surface area contributed by atoms with Gasteiger partial charge in [-0.05, 0) is 69.7 Å². The molecule has 1 fully saturated rings. The van der Waals surface area contributed by atoms with Gasteiger partial charge in [0.1, 0.15) is 18.4 Å². The third-order valence-electron chi connectivity index (χ3n) is 7.47. The number of ether oxygens (including phenoxy) is 2. The summed E-state index contributed by atoms with van der Waals surface area (Å²) in [6.45, 7) is 6.92. The van der Waals surface area contributed by atoms with Crippen molar-refractivity contribution >= 4 is 33.9 Å². The summed E-state index contributed by atoms with van der Waals surface area (Å²) in [4.78, 5) is 38.5. The number of benzene rings is 2. The number of hydrogen-bond acceptors (Lipinski definition) is 5. The molecule has 1 aliphatic carbocycles. The second-order valence-electron chi connectivity index (χ2n) is 10.9. The van der Waals surface area contributed by atoms with Gasteiger partial charge in [-0.1, -0.05) is 53.2 Å². The fraction of sp³-hybridized carbons (Fsp3) is 0.500. The van der Waals surface area contributed by atoms with Gasteiger partial charge in [0.15, 0.2) is 0 Å². The lowest BCUT2D eigenvalue weighted by atomic mass is 9.81. The van der Waals surface area contributed by atoms with Crippen molar-refractivity contribution in [3.05, 3.63) is 64.1 Å². The van der Waals surface area contributed by atoms with Gasteiger partial charge in [-0.25, -0.2) is 4.79 Å². The molecule has 0 aromatic heterocycles. The van der Waals surface area contributed by atoms with Crippen LogP contribution in [0.25, 0.3) is 0 Å². The van der Waals surface area contributed by atoms with Crippen LogP contribution in [0.5, 0.6) is 5.75 Å². The lowest BCUT2D eigenvalue weighted by Crippen LogP contribution is -3.00. The van der Waals surface area contributed by atoms with Gasteiger partial charge in [-0.2, -0.15) is 0 Å². The van der Waals surface area contributed by atoms with Crippen LogP contribution in [0.2, 0.25) is 0 Å². The first kappa shape index (κ1) is 33.6. The fourth-order valence-electron chi connectivity index (χ4n) is 4.53. The molecule has 1 aliphatic rings. The molecular weight excluding hydrogens is 598 g/mol. The minimum atomic E-state index is -0.807. The van der Waals surface area contributed by atoms with E-state index in [1.165, 1.54) is 0 Å². The third-order valence-corrected chi connectivity index (χ3v) is 8.25. The molecule has 10 heteroatoms. The van der Waals surface area contributed by atoms with E-state index in [2.05, 4.69) is 32.3 Å². The molecule has 2 amide bonds. The first-order chi connectivity index (χ1) is 18.6. The molecule has 8 nitrogen and oxygen atoms in total. The maximum absolute atomic E-state index is 13.2. The zero-order valence-corrected chi connectivity index (χ0v) is 25.9. The van der Waals surface area contributed by atoms with E-state index in [-0.39, 0.29) is 42.3 Å². The molecule has 0 bridgehead atoms. The van der Waals surface area contributed by atoms with Gasteiger partial charge in [-0.3, -0.25) is 9.59 Å². The Morgan fingerprint density at radius 3 is 2.30 bits per heavy atom. The third kappa shape index (κ3) is 10.4. The maximum Gasteiger partial charge on any atom is 0.514 e. The van der Waals surface area contributed by atoms with Crippen LogP contribution in [-0.4, -0.2) is 36.1 Å². The van der Waals surface area contributed by atoms with E-state index in [0.29, 0.717) is 18.1 Å². The van der Waals surface area contributed by atoms with Gasteiger partial charge in [0.2, 0.25) is 11.8 Å². The monoisotopic (exact) mass is 637 g/mol. The number of amides is 2. The number of halogens is 2. The summed E-state index contributed by atoms with van der Waals surface area (Å²) in [5, 5.41) is 6.09. The van der Waals surface area contributed by atoms with Gasteiger partial charge in [0, 0.05) is 33.8 Å². The molecule has 1 atom stereocenters. The smallest absolute Gasteiger partial charge is 0.514 e. The molecular formula is C30H41BrClN3O5. The molecule has 40 heavy (non-hydrogen) atoms. The Balaban J connectivity index is 0.00000560. The van der Waals surface area contributed by atoms with Crippen LogP contribution < -0.4 is 33.5 Å². The number of carbonyl (C=O) groups is 3. The van der Waals surface area contributed by atoms with Crippen molar-refractivity contribution in [3.8, 4) is 5.75 Å². The molecule has 0 heterocycles. The van der Waals surface area contributed by atoms with Crippen LogP contribution in [0.15, 0.2) is 53.0 Å². The average Bonchev–Trinajstić information content (AvgIpc) is 2.93. The quantitative estimate of drug-likeness (QED) is 0.255. The predicted molar refractivity (Wildman–Crippen MR) is 153 cm³/mol. The lowest BCUT2D eigenvalue weighted by molar-refractivity contribution is -0.380. The predicted octanol–water partition coefficient (Wildman–Crippen LogP) is 1.55. The maximum atomic E-state index is 13.2. The zero-order chi connectivity index (χ0) is 28.4. The molecule has 0 unspecified atom stereocenters. The first-order valence-corrected chi connectivity index (χ1v) is 14.5. The summed E-state index contributed by atoms with van der Waals surface area (Å²) < 4.78 is 11.4. The van der Waals surface area contributed by atoms with Crippen molar-refractivity contribution in [3.63, 3.8) is 0 Å². The minimum Gasteiger partial charge on any atom is -1.00 e. The number of quaternary nitrogens is 1. The minimum absolute atomic E-state index is 0. The number of nitrogens with one attached hydrogen (secondary N) is 2. The Kier molecular flexibility index (Phi) is 13.4. The normalized spacial score (nSPS) is 17.6. The Morgan fingerprint density at radius 1 is 1.05 bits per heavy atom. The summed E-state index contributed by atoms with van der Waals surface area (Å²) >= 11 is 3.42. The van der Waals surface area contributed by atoms with Crippen LogP contribution in [0.3, 0.4) is 0 Å². The van der Waals surface area contributed by atoms with E-state index < -0.39 is 12.2 Å². The lowest BCUT2D eigenvalue weighted by Gasteiger charge is -2.30. The molecule has 5 N–H and O–H groups in total. The number of rotatable bonds is 11. The molecule has 0 spiro atoms. The van der Waals surface area contributed by atoms with Crippen LogP contribution in [0.1, 0.15) is 64.0 Å². The summed E-state index contributed by atoms with van der Waals surface area (Å²) in [5.41, 5.74) is 5.27. The average molecular weight is 639 g/mol. The Labute approximate surface area is 251 Å². The second-order valence-corrected chi connectivity index (χ2v) is 11.7. The largest absolute Gasteiger partial charge is 1.00 e. The standard InChI is InChI=1S/C30H40BrN3O5.ClH/c1-4-30(2,3)34-28(36)26(33-27(35)22-13-9-21(18-32)10-14-22)17-20-11-15-24(16-12-20)39-29(37)38-19-23-7-5-6-8-25(23)31;/h5-8,11-12,15-16,21-22,26H,4,9-10,13-14,17-19,32H2,1-3H3,(H,33,35)(H,34,36);1H/t21?,22?,26-;/m0./s1. The highest BCUT2D eigenvalue weighted by Crippen LogP contribution is 2.28. The number of carbonyl (C=O) groups excluding carboxylic acids is 3. The molecule has 0 saturated heterocycles. The highest BCUT2D eigenvalue weighted by atomic mass is 79.9. The van der Waals surface area contributed by atoms with Gasteiger partial charge >= 0.3 is 6.16 Å². The summed E-state index contributed by atoms with van der Waals surface area (Å²) in [5.74, 6) is 0.546. The fourth-order valence-corrected chi connectivity index (χ4v) is 4.93. The van der Waals surface area contributed by atoms with E-state index in [1.54, 1.807) is 24.3 Å². The number of hydrogen-bond donors (Lipinski definition) is 3. The molecule has 2 aromatic rings. The van der Waals surface area contributed by atoms with E-state index in [4.69, 9.17) is 9.47 Å². The van der Waals surface area contributed by atoms with Crippen molar-refractivity contribution in [2.24, 2.45) is 11.8 Å². The molecule has 0 radical (unpaired) electrons. The Bertz CT molecular complexity index is 1120. The molecule has 220 valence electrons. The molecule has 0 aliphatic heterocycles. The van der Waals surface area contributed by atoms with Crippen LogP contribution in [0, 0.1) is 11.8 Å². The van der Waals surface area contributed by atoms with E-state index in [9.17, 15) is 14.4 Å². The molecule has 3 rings (SSSR count). The second kappa shape index (κ2) is 16.0. The van der Waals surface area contributed by atoms with E-state index in [1.807, 2.05) is 45.0 Å². The van der Waals surface area contributed by atoms with Crippen molar-refractivity contribution in [1.29, 1.82) is 0 Å². The molecule has 2 aromatic carbocycles. The van der Waals surface area contributed by atoms with Gasteiger partial charge in [0.25, 0.3) is 0 Å². The highest BCUT2D eigenvalue weighted by Gasteiger charge is 2.31. The van der Waals surface area contributed by atoms with Crippen molar-refractivity contribution < 1.29 is 42.0 Å². The highest BCUT2D eigenvalue weighted by molar-refractivity contribution is 9.10. The SMILES string of the molecule is CCC(C)(C)NC(=O)[C@H](Cc1ccc(OC(=O)OCc2ccccc2Br)cc1)NC(=O)C1CCC(C[NH3+])CC1.[Cl-]. The van der Waals surface area contributed by atoms with E-state index >= 15 is 0 Å². The van der Waals surface area contributed by atoms with Gasteiger partial charge < -0.3 is 38.2 Å². The molecule has 1 saturated carbocycles. The topological polar surface area (TPSA) is 121 Å². The van der Waals surface area contributed by atoms with Gasteiger partial charge in [-0.15, -0.1) is 0 Å². The Morgan fingerprint density at radius 2 is 1.70 bits per heavy atom. The van der Waals surface area contributed by atoms with E-state index in [0.717, 1.165) is 54.2 Å². The van der Waals surface area contributed by atoms with Crippen LogP contribution in [0.4, 0.5) is 4.79 Å². The van der Waals surface area contributed by atoms with Gasteiger partial charge in [0.05, 0.1) is 6.54 Å². The van der Waals surface area contributed by atoms with Crippen molar-refractivity contribution in [2.45, 2.75) is 77.5 Å². The summed E-state index contributed by atoms with van der Waals surface area (Å²) in [6.07, 6.45) is 3.91. The van der Waals surface area contributed by atoms with Crippen LogP contribution in [-0.2, 0) is 27.4 Å². The van der Waals surface area contributed by atoms with Crippen molar-refractivity contribution in [1.82, 2.24) is 10.6 Å². The summed E-state index contributed by atoms with van der Waals surface area (Å²) in [6, 6.07) is 13.6. The zero-order valence-electron chi connectivity index (χ0n) is 23.5. The summed E-state index contributed by atoms with van der Waals surface area (Å²) in [7, 11) is 0.